The van der Waals surface area contributed by atoms with Crippen LogP contribution in [0.15, 0.2) is 36.4 Å². The minimum Gasteiger partial charge on any atom is -0.493 e. The van der Waals surface area contributed by atoms with Gasteiger partial charge in [0.25, 0.3) is 0 Å². The summed E-state index contributed by atoms with van der Waals surface area (Å²) in [5.74, 6) is 2.23. The first kappa shape index (κ1) is 28.2. The molecule has 0 amide bonds. The Labute approximate surface area is 208 Å². The molecule has 8 heteroatoms. The van der Waals surface area contributed by atoms with E-state index in [1.807, 2.05) is 18.0 Å². The van der Waals surface area contributed by atoms with E-state index in [9.17, 15) is 15.5 Å². The molecule has 2 unspecified atom stereocenters. The molecule has 2 aromatic carbocycles. The molecule has 2 atom stereocenters. The topological polar surface area (TPSA) is 104 Å². The number of methoxy groups -OCH3 is 4. The fraction of sp³-hybridized carbons (Fsp3) is 0.519. The lowest BCUT2D eigenvalue weighted by Crippen LogP contribution is -2.47. The van der Waals surface area contributed by atoms with Crippen molar-refractivity contribution in [2.75, 3.05) is 48.6 Å². The van der Waals surface area contributed by atoms with Crippen molar-refractivity contribution in [3.63, 3.8) is 0 Å². The number of rotatable bonds is 13. The van der Waals surface area contributed by atoms with Gasteiger partial charge < -0.3 is 34.1 Å². The molecule has 0 heterocycles. The van der Waals surface area contributed by atoms with Crippen LogP contribution in [0, 0.1) is 11.3 Å². The molecule has 2 aromatic rings. The largest absolute Gasteiger partial charge is 0.493 e. The molecule has 0 saturated carbocycles. The first-order chi connectivity index (χ1) is 16.6. The van der Waals surface area contributed by atoms with Crippen LogP contribution < -0.4 is 18.9 Å². The molecule has 2 rings (SSSR count). The molecular weight excluding hydrogens is 448 g/mol. The van der Waals surface area contributed by atoms with Crippen LogP contribution >= 0.6 is 0 Å². The third-order valence-corrected chi connectivity index (χ3v) is 6.48. The lowest BCUT2D eigenvalue weighted by atomic mass is 9.67. The number of ether oxygens (including phenoxy) is 4. The lowest BCUT2D eigenvalue weighted by Gasteiger charge is -2.39. The van der Waals surface area contributed by atoms with Gasteiger partial charge in [0, 0.05) is 6.54 Å². The Hall–Kier alpha value is -2.99. The maximum absolute atomic E-state index is 11.1. The molecule has 0 spiro atoms. The first-order valence-electron chi connectivity index (χ1n) is 11.5. The predicted octanol–water partition coefficient (Wildman–Crippen LogP) is 3.70. The zero-order chi connectivity index (χ0) is 26.2. The molecule has 0 radical (unpaired) electrons. The van der Waals surface area contributed by atoms with Gasteiger partial charge in [0.15, 0.2) is 23.0 Å². The van der Waals surface area contributed by atoms with Crippen molar-refractivity contribution < 1.29 is 29.2 Å². The van der Waals surface area contributed by atoms with E-state index in [4.69, 9.17) is 18.9 Å². The Balaban J connectivity index is 2.13. The number of hydrogen-bond acceptors (Lipinski definition) is 8. The van der Waals surface area contributed by atoms with E-state index >= 15 is 0 Å². The molecule has 0 bridgehead atoms. The van der Waals surface area contributed by atoms with Crippen LogP contribution in [0.2, 0.25) is 0 Å². The Bertz CT molecular complexity index is 1010. The van der Waals surface area contributed by atoms with Gasteiger partial charge in [-0.2, -0.15) is 5.26 Å². The zero-order valence-corrected chi connectivity index (χ0v) is 21.8. The van der Waals surface area contributed by atoms with Crippen molar-refractivity contribution in [1.29, 1.82) is 5.26 Å². The Morgan fingerprint density at radius 1 is 0.914 bits per heavy atom. The Morgan fingerprint density at radius 3 is 1.97 bits per heavy atom. The monoisotopic (exact) mass is 486 g/mol. The quantitative estimate of drug-likeness (QED) is 0.442. The number of nitriles is 1. The summed E-state index contributed by atoms with van der Waals surface area (Å²) in [6, 6.07) is 13.0. The van der Waals surface area contributed by atoms with Gasteiger partial charge in [0.2, 0.25) is 0 Å². The lowest BCUT2D eigenvalue weighted by molar-refractivity contribution is 0.0124. The molecule has 2 N–H and O–H groups in total. The summed E-state index contributed by atoms with van der Waals surface area (Å²) in [5, 5.41) is 32.0. The number of hydrogen-bond donors (Lipinski definition) is 2. The van der Waals surface area contributed by atoms with Gasteiger partial charge in [0.1, 0.15) is 5.41 Å². The van der Waals surface area contributed by atoms with E-state index < -0.39 is 17.1 Å². The maximum Gasteiger partial charge on any atom is 0.161 e. The highest BCUT2D eigenvalue weighted by Crippen LogP contribution is 2.42. The number of likely N-dealkylation sites (N-methyl/N-ethyl adjacent to an activating group) is 1. The molecule has 35 heavy (non-hydrogen) atoms. The summed E-state index contributed by atoms with van der Waals surface area (Å²) >= 11 is 0. The summed E-state index contributed by atoms with van der Waals surface area (Å²) < 4.78 is 21.3. The second-order valence-electron chi connectivity index (χ2n) is 9.14. The van der Waals surface area contributed by atoms with Crippen molar-refractivity contribution in [3.05, 3.63) is 47.5 Å². The molecule has 0 fully saturated rings. The summed E-state index contributed by atoms with van der Waals surface area (Å²) in [6.45, 7) is 4.32. The molecule has 0 aliphatic heterocycles. The molecule has 8 nitrogen and oxygen atoms in total. The van der Waals surface area contributed by atoms with Gasteiger partial charge in [-0.15, -0.1) is 0 Å². The zero-order valence-electron chi connectivity index (χ0n) is 21.8. The van der Waals surface area contributed by atoms with Gasteiger partial charge >= 0.3 is 0 Å². The summed E-state index contributed by atoms with van der Waals surface area (Å²) in [5.41, 5.74) is -1.07. The van der Waals surface area contributed by atoms with Crippen LogP contribution in [0.4, 0.5) is 0 Å². The fourth-order valence-electron chi connectivity index (χ4n) is 4.33. The van der Waals surface area contributed by atoms with E-state index in [-0.39, 0.29) is 0 Å². The van der Waals surface area contributed by atoms with Gasteiger partial charge in [-0.25, -0.2) is 0 Å². The summed E-state index contributed by atoms with van der Waals surface area (Å²) in [4.78, 5) is 2.00. The minimum atomic E-state index is -1.31. The standard InChI is InChI=1S/C27H38N2O6/c1-26(2,31)27(18-28,20-10-12-23(33-5)25(16-20)35-7)13-8-14-29(3)17-21(30)19-9-11-22(32-4)24(15-19)34-6/h9-12,15-16,21,30-31H,8,13-14,17H2,1-7H3. The van der Waals surface area contributed by atoms with Crippen molar-refractivity contribution in [2.45, 2.75) is 43.8 Å². The van der Waals surface area contributed by atoms with Crippen molar-refractivity contribution in [3.8, 4) is 29.1 Å². The van der Waals surface area contributed by atoms with Crippen molar-refractivity contribution >= 4 is 0 Å². The summed E-state index contributed by atoms with van der Waals surface area (Å²) in [6.07, 6.45) is 0.320. The second-order valence-corrected chi connectivity index (χ2v) is 9.14. The average molecular weight is 487 g/mol. The number of aliphatic hydroxyl groups excluding tert-OH is 1. The highest BCUT2D eigenvalue weighted by molar-refractivity contribution is 5.48. The first-order valence-corrected chi connectivity index (χ1v) is 11.5. The molecular formula is C27H38N2O6. The van der Waals surface area contributed by atoms with Gasteiger partial charge in [-0.1, -0.05) is 12.1 Å². The van der Waals surface area contributed by atoms with E-state index in [0.717, 1.165) is 5.56 Å². The van der Waals surface area contributed by atoms with Crippen molar-refractivity contribution in [1.82, 2.24) is 4.90 Å². The average Bonchev–Trinajstić information content (AvgIpc) is 2.84. The van der Waals surface area contributed by atoms with Gasteiger partial charge in [-0.3, -0.25) is 0 Å². The molecule has 0 aliphatic carbocycles. The van der Waals surface area contributed by atoms with Gasteiger partial charge in [0.05, 0.1) is 46.2 Å². The fourth-order valence-corrected chi connectivity index (χ4v) is 4.33. The highest BCUT2D eigenvalue weighted by atomic mass is 16.5. The van der Waals surface area contributed by atoms with E-state index in [2.05, 4.69) is 6.07 Å². The summed E-state index contributed by atoms with van der Waals surface area (Å²) in [7, 11) is 8.13. The van der Waals surface area contributed by atoms with Gasteiger partial charge in [-0.05, 0) is 75.7 Å². The second kappa shape index (κ2) is 12.1. The predicted molar refractivity (Wildman–Crippen MR) is 134 cm³/mol. The minimum absolute atomic E-state index is 0.397. The van der Waals surface area contributed by atoms with E-state index in [1.54, 1.807) is 72.6 Å². The number of aliphatic hydroxyl groups is 2. The van der Waals surface area contributed by atoms with Crippen LogP contribution in [-0.2, 0) is 5.41 Å². The highest BCUT2D eigenvalue weighted by Gasteiger charge is 2.46. The SMILES string of the molecule is COc1ccc(C(O)CN(C)CCCC(C#N)(c2ccc(OC)c(OC)c2)C(C)(C)O)cc1OC. The van der Waals surface area contributed by atoms with Crippen LogP contribution in [-0.4, -0.2) is 69.3 Å². The third kappa shape index (κ3) is 6.37. The van der Waals surface area contributed by atoms with Crippen LogP contribution in [0.3, 0.4) is 0 Å². The van der Waals surface area contributed by atoms with E-state index in [1.165, 1.54) is 0 Å². The van der Waals surface area contributed by atoms with Crippen LogP contribution in [0.5, 0.6) is 23.0 Å². The smallest absolute Gasteiger partial charge is 0.161 e. The van der Waals surface area contributed by atoms with E-state index in [0.29, 0.717) is 54.5 Å². The van der Waals surface area contributed by atoms with Crippen LogP contribution in [0.25, 0.3) is 0 Å². The molecule has 0 aromatic heterocycles. The molecule has 192 valence electrons. The normalized spacial score (nSPS) is 14.1. The Kier molecular flexibility index (Phi) is 9.78. The molecule has 0 aliphatic rings. The van der Waals surface area contributed by atoms with Crippen LogP contribution in [0.1, 0.15) is 43.9 Å². The molecule has 0 saturated heterocycles. The number of nitrogens with zero attached hydrogens (tertiary/aromatic N) is 2. The maximum atomic E-state index is 11.1. The third-order valence-electron chi connectivity index (χ3n) is 6.48. The van der Waals surface area contributed by atoms with Crippen molar-refractivity contribution in [2.24, 2.45) is 0 Å². The number of benzene rings is 2. The Morgan fingerprint density at radius 2 is 1.46 bits per heavy atom.